The highest BCUT2D eigenvalue weighted by Crippen LogP contribution is 2.20. The second kappa shape index (κ2) is 4.62. The van der Waals surface area contributed by atoms with E-state index in [2.05, 4.69) is 16.0 Å². The molecular weight excluding hydrogens is 222 g/mol. The predicted molar refractivity (Wildman–Crippen MR) is 61.6 cm³/mol. The summed E-state index contributed by atoms with van der Waals surface area (Å²) in [6.07, 6.45) is 2.15. The summed E-state index contributed by atoms with van der Waals surface area (Å²) in [5.41, 5.74) is -0.466. The fourth-order valence-corrected chi connectivity index (χ4v) is 2.07. The van der Waals surface area contributed by atoms with Crippen LogP contribution in [0.5, 0.6) is 0 Å². The maximum Gasteiger partial charge on any atom is 0.305 e. The monoisotopic (exact) mass is 241 g/mol. The molecule has 1 heterocycles. The van der Waals surface area contributed by atoms with Gasteiger partial charge in [0, 0.05) is 19.1 Å². The number of rotatable bonds is 6. The molecule has 0 radical (unpaired) electrons. The van der Waals surface area contributed by atoms with E-state index in [9.17, 15) is 9.59 Å². The lowest BCUT2D eigenvalue weighted by Crippen LogP contribution is -2.71. The van der Waals surface area contributed by atoms with Gasteiger partial charge in [0.1, 0.15) is 0 Å². The van der Waals surface area contributed by atoms with Crippen LogP contribution in [0.25, 0.3) is 0 Å². The molecule has 1 saturated carbocycles. The number of nitrogens with one attached hydrogen (secondary N) is 3. The van der Waals surface area contributed by atoms with Crippen LogP contribution in [-0.4, -0.2) is 47.7 Å². The molecule has 1 aliphatic heterocycles. The molecule has 0 aromatic rings. The summed E-state index contributed by atoms with van der Waals surface area (Å²) in [6.45, 7) is 2.97. The molecule has 1 aliphatic carbocycles. The van der Waals surface area contributed by atoms with Crippen LogP contribution in [0.15, 0.2) is 0 Å². The van der Waals surface area contributed by atoms with Crippen molar-refractivity contribution in [3.8, 4) is 0 Å². The van der Waals surface area contributed by atoms with Gasteiger partial charge in [-0.05, 0) is 19.8 Å². The molecule has 0 aromatic heterocycles. The van der Waals surface area contributed by atoms with Crippen molar-refractivity contribution in [2.24, 2.45) is 0 Å². The largest absolute Gasteiger partial charge is 0.481 e. The van der Waals surface area contributed by atoms with Crippen LogP contribution >= 0.6 is 0 Å². The van der Waals surface area contributed by atoms with Crippen molar-refractivity contribution >= 4 is 11.9 Å². The number of aliphatic carboxylic acids is 1. The predicted octanol–water partition coefficient (Wildman–Crippen LogP) is -0.940. The van der Waals surface area contributed by atoms with Crippen molar-refractivity contribution in [1.29, 1.82) is 0 Å². The van der Waals surface area contributed by atoms with Gasteiger partial charge in [-0.25, -0.2) is 0 Å². The maximum absolute atomic E-state index is 11.8. The first kappa shape index (κ1) is 12.3. The molecule has 2 rings (SSSR count). The van der Waals surface area contributed by atoms with Crippen molar-refractivity contribution in [3.05, 3.63) is 0 Å². The first-order valence-corrected chi connectivity index (χ1v) is 6.01. The molecule has 6 nitrogen and oxygen atoms in total. The lowest BCUT2D eigenvalue weighted by Gasteiger charge is -2.44. The Hall–Kier alpha value is -1.14. The van der Waals surface area contributed by atoms with Crippen LogP contribution in [0, 0.1) is 0 Å². The smallest absolute Gasteiger partial charge is 0.305 e. The van der Waals surface area contributed by atoms with Gasteiger partial charge in [-0.15, -0.1) is 0 Å². The maximum atomic E-state index is 11.8. The first-order chi connectivity index (χ1) is 8.01. The number of carboxylic acid groups (broad SMARTS) is 1. The second-order valence-electron chi connectivity index (χ2n) is 5.10. The molecule has 0 spiro atoms. The Balaban J connectivity index is 1.84. The van der Waals surface area contributed by atoms with Gasteiger partial charge in [0.2, 0.25) is 5.91 Å². The van der Waals surface area contributed by atoms with Crippen LogP contribution in [0.3, 0.4) is 0 Å². The summed E-state index contributed by atoms with van der Waals surface area (Å²) in [6, 6.07) is -0.0151. The zero-order chi connectivity index (χ0) is 12.5. The quantitative estimate of drug-likeness (QED) is 0.482. The Bertz CT molecular complexity index is 324. The van der Waals surface area contributed by atoms with Gasteiger partial charge in [-0.1, -0.05) is 0 Å². The molecule has 4 N–H and O–H groups in total. The van der Waals surface area contributed by atoms with Gasteiger partial charge in [0.25, 0.3) is 0 Å². The number of hydrogen-bond donors (Lipinski definition) is 4. The van der Waals surface area contributed by atoms with Gasteiger partial charge in [0.15, 0.2) is 0 Å². The highest BCUT2D eigenvalue weighted by Gasteiger charge is 2.41. The lowest BCUT2D eigenvalue weighted by atomic mass is 9.87. The minimum absolute atomic E-state index is 0.0378. The fourth-order valence-electron chi connectivity index (χ4n) is 2.07. The average molecular weight is 241 g/mol. The SMILES string of the molecule is CC(NC1(CC(=O)O)CNC1)C(=O)NC1CC1. The number of carbonyl (C=O) groups is 2. The third kappa shape index (κ3) is 3.17. The van der Waals surface area contributed by atoms with Crippen molar-refractivity contribution in [2.45, 2.75) is 43.8 Å². The molecule has 6 heteroatoms. The van der Waals surface area contributed by atoms with Crippen molar-refractivity contribution < 1.29 is 14.7 Å². The highest BCUT2D eigenvalue weighted by atomic mass is 16.4. The number of carboxylic acids is 1. The van der Waals surface area contributed by atoms with E-state index in [1.165, 1.54) is 0 Å². The van der Waals surface area contributed by atoms with E-state index in [-0.39, 0.29) is 18.4 Å². The third-order valence-electron chi connectivity index (χ3n) is 3.26. The number of carbonyl (C=O) groups excluding carboxylic acids is 1. The second-order valence-corrected chi connectivity index (χ2v) is 5.10. The Morgan fingerprint density at radius 3 is 2.53 bits per heavy atom. The summed E-state index contributed by atoms with van der Waals surface area (Å²) in [7, 11) is 0. The van der Waals surface area contributed by atoms with Crippen LogP contribution in [-0.2, 0) is 9.59 Å². The molecule has 17 heavy (non-hydrogen) atoms. The van der Waals surface area contributed by atoms with Crippen LogP contribution in [0.2, 0.25) is 0 Å². The Morgan fingerprint density at radius 2 is 2.12 bits per heavy atom. The topological polar surface area (TPSA) is 90.5 Å². The first-order valence-electron chi connectivity index (χ1n) is 6.01. The third-order valence-corrected chi connectivity index (χ3v) is 3.26. The zero-order valence-electron chi connectivity index (χ0n) is 9.95. The molecular formula is C11H19N3O3. The Morgan fingerprint density at radius 1 is 1.47 bits per heavy atom. The lowest BCUT2D eigenvalue weighted by molar-refractivity contribution is -0.140. The molecule has 1 atom stereocenters. The van der Waals surface area contributed by atoms with E-state index in [4.69, 9.17) is 5.11 Å². The Kier molecular flexibility index (Phi) is 3.35. The van der Waals surface area contributed by atoms with Crippen molar-refractivity contribution in [3.63, 3.8) is 0 Å². The van der Waals surface area contributed by atoms with Gasteiger partial charge >= 0.3 is 5.97 Å². The normalized spacial score (nSPS) is 23.6. The molecule has 2 fully saturated rings. The molecule has 96 valence electrons. The number of amides is 1. The highest BCUT2D eigenvalue weighted by molar-refractivity contribution is 5.82. The summed E-state index contributed by atoms with van der Waals surface area (Å²) in [4.78, 5) is 22.5. The fraction of sp³-hybridized carbons (Fsp3) is 0.818. The molecule has 1 amide bonds. The molecule has 0 aromatic carbocycles. The van der Waals surface area contributed by atoms with Crippen molar-refractivity contribution in [1.82, 2.24) is 16.0 Å². The van der Waals surface area contributed by atoms with E-state index in [0.29, 0.717) is 19.1 Å². The van der Waals surface area contributed by atoms with E-state index >= 15 is 0 Å². The van der Waals surface area contributed by atoms with Crippen LogP contribution in [0.1, 0.15) is 26.2 Å². The van der Waals surface area contributed by atoms with Crippen molar-refractivity contribution in [2.75, 3.05) is 13.1 Å². The standard InChI is InChI=1S/C11H19N3O3/c1-7(10(17)13-8-2-3-8)14-11(4-9(15)16)5-12-6-11/h7-8,12,14H,2-6H2,1H3,(H,13,17)(H,15,16). The van der Waals surface area contributed by atoms with Crippen LogP contribution in [0.4, 0.5) is 0 Å². The summed E-state index contributed by atoms with van der Waals surface area (Å²) < 4.78 is 0. The zero-order valence-corrected chi connectivity index (χ0v) is 9.95. The Labute approximate surface area is 100 Å². The van der Waals surface area contributed by atoms with E-state index in [1.54, 1.807) is 6.92 Å². The minimum atomic E-state index is -0.839. The van der Waals surface area contributed by atoms with Crippen LogP contribution < -0.4 is 16.0 Å². The van der Waals surface area contributed by atoms with E-state index in [1.807, 2.05) is 0 Å². The average Bonchev–Trinajstić information content (AvgIpc) is 2.97. The van der Waals surface area contributed by atoms with Gasteiger partial charge in [-0.2, -0.15) is 0 Å². The molecule has 1 saturated heterocycles. The summed E-state index contributed by atoms with van der Waals surface area (Å²) in [5.74, 6) is -0.877. The molecule has 2 aliphatic rings. The molecule has 1 unspecified atom stereocenters. The van der Waals surface area contributed by atoms with E-state index in [0.717, 1.165) is 12.8 Å². The van der Waals surface area contributed by atoms with Gasteiger partial charge in [0.05, 0.1) is 18.0 Å². The van der Waals surface area contributed by atoms with Gasteiger partial charge < -0.3 is 15.7 Å². The minimum Gasteiger partial charge on any atom is -0.481 e. The summed E-state index contributed by atoms with van der Waals surface area (Å²) >= 11 is 0. The summed E-state index contributed by atoms with van der Waals surface area (Å²) in [5, 5.41) is 17.9. The van der Waals surface area contributed by atoms with E-state index < -0.39 is 11.5 Å². The van der Waals surface area contributed by atoms with Gasteiger partial charge in [-0.3, -0.25) is 14.9 Å². The molecule has 0 bridgehead atoms. The number of hydrogen-bond acceptors (Lipinski definition) is 4.